The summed E-state index contributed by atoms with van der Waals surface area (Å²) in [6, 6.07) is 4.26. The number of anilines is 1. The molecule has 0 unspecified atom stereocenters. The van der Waals surface area contributed by atoms with Gasteiger partial charge in [0, 0.05) is 17.6 Å². The number of ether oxygens (including phenoxy) is 1. The van der Waals surface area contributed by atoms with E-state index in [4.69, 9.17) is 16.3 Å². The zero-order valence-electron chi connectivity index (χ0n) is 9.61. The average Bonchev–Trinajstić information content (AvgIpc) is 2.17. The third-order valence-electron chi connectivity index (χ3n) is 2.55. The number of pyridine rings is 1. The fourth-order valence-electron chi connectivity index (χ4n) is 1.71. The van der Waals surface area contributed by atoms with Crippen LogP contribution in [0.15, 0.2) is 18.3 Å². The van der Waals surface area contributed by atoms with E-state index >= 15 is 0 Å². The summed E-state index contributed by atoms with van der Waals surface area (Å²) in [5, 5.41) is 3.68. The van der Waals surface area contributed by atoms with E-state index in [2.05, 4.69) is 10.3 Å². The highest BCUT2D eigenvalue weighted by molar-refractivity contribution is 6.21. The van der Waals surface area contributed by atoms with Crippen LogP contribution in [0.25, 0.3) is 0 Å². The minimum atomic E-state index is 0.159. The largest absolute Gasteiger partial charge is 0.487 e. The third-order valence-corrected chi connectivity index (χ3v) is 2.91. The molecule has 1 fully saturated rings. The molecule has 3 nitrogen and oxygen atoms in total. The van der Waals surface area contributed by atoms with Gasteiger partial charge in [-0.3, -0.25) is 0 Å². The van der Waals surface area contributed by atoms with E-state index in [1.807, 2.05) is 26.0 Å². The molecule has 1 aliphatic rings. The van der Waals surface area contributed by atoms with Gasteiger partial charge < -0.3 is 10.1 Å². The minimum absolute atomic E-state index is 0.159. The lowest BCUT2D eigenvalue weighted by Gasteiger charge is -2.32. The van der Waals surface area contributed by atoms with Crippen LogP contribution in [-0.2, 0) is 0 Å². The molecule has 1 N–H and O–H groups in total. The van der Waals surface area contributed by atoms with Crippen molar-refractivity contribution >= 4 is 17.4 Å². The molecule has 1 aromatic rings. The summed E-state index contributed by atoms with van der Waals surface area (Å²) in [5.41, 5.74) is 0. The van der Waals surface area contributed by atoms with E-state index in [1.165, 1.54) is 0 Å². The Labute approximate surface area is 101 Å². The monoisotopic (exact) mass is 240 g/mol. The molecule has 1 aromatic heterocycles. The maximum Gasteiger partial charge on any atom is 0.168 e. The van der Waals surface area contributed by atoms with E-state index in [0.717, 1.165) is 24.4 Å². The van der Waals surface area contributed by atoms with Crippen LogP contribution in [0.4, 0.5) is 5.82 Å². The van der Waals surface area contributed by atoms with Gasteiger partial charge in [-0.15, -0.1) is 11.6 Å². The Bertz CT molecular complexity index is 351. The van der Waals surface area contributed by atoms with Gasteiger partial charge in [-0.25, -0.2) is 4.98 Å². The first-order chi connectivity index (χ1) is 7.65. The van der Waals surface area contributed by atoms with Crippen molar-refractivity contribution in [3.05, 3.63) is 18.3 Å². The third kappa shape index (κ3) is 2.79. The molecule has 16 heavy (non-hydrogen) atoms. The van der Waals surface area contributed by atoms with Crippen LogP contribution in [0.1, 0.15) is 26.7 Å². The van der Waals surface area contributed by atoms with E-state index in [9.17, 15) is 0 Å². The molecule has 4 heteroatoms. The van der Waals surface area contributed by atoms with E-state index in [1.54, 1.807) is 6.20 Å². The molecular weight excluding hydrogens is 224 g/mol. The summed E-state index contributed by atoms with van der Waals surface area (Å²) in [6.45, 7) is 4.02. The summed E-state index contributed by atoms with van der Waals surface area (Å²) in [4.78, 5) is 4.30. The van der Waals surface area contributed by atoms with Crippen molar-refractivity contribution in [1.29, 1.82) is 0 Å². The minimum Gasteiger partial charge on any atom is -0.487 e. The van der Waals surface area contributed by atoms with E-state index < -0.39 is 0 Å². The summed E-state index contributed by atoms with van der Waals surface area (Å²) in [5.74, 6) is 1.64. The van der Waals surface area contributed by atoms with Crippen molar-refractivity contribution in [2.45, 2.75) is 44.2 Å². The number of aromatic nitrogens is 1. The van der Waals surface area contributed by atoms with Gasteiger partial charge in [-0.05, 0) is 38.8 Å². The summed E-state index contributed by atoms with van der Waals surface area (Å²) >= 11 is 5.94. The molecule has 0 saturated heterocycles. The first kappa shape index (κ1) is 11.5. The molecular formula is C12H17ClN2O. The van der Waals surface area contributed by atoms with Gasteiger partial charge in [0.2, 0.25) is 0 Å². The Morgan fingerprint density at radius 3 is 2.88 bits per heavy atom. The normalized spacial score (nSPS) is 24.0. The number of rotatable bonds is 4. The van der Waals surface area contributed by atoms with Gasteiger partial charge in [0.25, 0.3) is 0 Å². The lowest BCUT2D eigenvalue weighted by atomic mass is 9.92. The highest BCUT2D eigenvalue weighted by Gasteiger charge is 2.28. The van der Waals surface area contributed by atoms with Crippen molar-refractivity contribution in [2.75, 3.05) is 5.32 Å². The predicted molar refractivity (Wildman–Crippen MR) is 66.3 cm³/mol. The van der Waals surface area contributed by atoms with Gasteiger partial charge in [0.05, 0.1) is 6.10 Å². The molecule has 0 atom stereocenters. The van der Waals surface area contributed by atoms with Crippen molar-refractivity contribution in [2.24, 2.45) is 0 Å². The predicted octanol–water partition coefficient (Wildman–Crippen LogP) is 3.05. The van der Waals surface area contributed by atoms with Crippen molar-refractivity contribution in [3.63, 3.8) is 0 Å². The number of hydrogen-bond donors (Lipinski definition) is 1. The zero-order valence-corrected chi connectivity index (χ0v) is 10.4. The first-order valence-corrected chi connectivity index (χ1v) is 6.11. The van der Waals surface area contributed by atoms with Crippen LogP contribution in [0.2, 0.25) is 0 Å². The second-order valence-electron chi connectivity index (χ2n) is 4.43. The second kappa shape index (κ2) is 4.91. The number of hydrogen-bond acceptors (Lipinski definition) is 3. The van der Waals surface area contributed by atoms with E-state index in [0.29, 0.717) is 11.4 Å². The number of nitrogens with one attached hydrogen (secondary N) is 1. The van der Waals surface area contributed by atoms with Gasteiger partial charge in [0.15, 0.2) is 11.6 Å². The van der Waals surface area contributed by atoms with Crippen molar-refractivity contribution < 1.29 is 4.74 Å². The lowest BCUT2D eigenvalue weighted by molar-refractivity contribution is 0.242. The zero-order chi connectivity index (χ0) is 11.5. The lowest BCUT2D eigenvalue weighted by Crippen LogP contribution is -2.36. The van der Waals surface area contributed by atoms with Crippen molar-refractivity contribution in [3.8, 4) is 5.75 Å². The summed E-state index contributed by atoms with van der Waals surface area (Å²) < 4.78 is 5.68. The number of nitrogens with zero attached hydrogens (tertiary/aromatic N) is 1. The molecule has 2 rings (SSSR count). The molecule has 88 valence electrons. The Balaban J connectivity index is 2.01. The van der Waals surface area contributed by atoms with Crippen LogP contribution < -0.4 is 10.1 Å². The van der Waals surface area contributed by atoms with Crippen molar-refractivity contribution in [1.82, 2.24) is 4.98 Å². The Morgan fingerprint density at radius 2 is 2.25 bits per heavy atom. The standard InChI is InChI=1S/C12H17ClN2O/c1-8(2)16-11-4-3-5-14-12(11)15-10-6-9(13)7-10/h3-5,8-10H,6-7H2,1-2H3,(H,14,15). The van der Waals surface area contributed by atoms with Crippen LogP contribution in [-0.4, -0.2) is 22.5 Å². The van der Waals surface area contributed by atoms with Crippen LogP contribution >= 0.6 is 11.6 Å². The quantitative estimate of drug-likeness (QED) is 0.822. The van der Waals surface area contributed by atoms with Gasteiger partial charge in [-0.1, -0.05) is 0 Å². The fourth-order valence-corrected chi connectivity index (χ4v) is 2.14. The van der Waals surface area contributed by atoms with E-state index in [-0.39, 0.29) is 6.10 Å². The maximum absolute atomic E-state index is 5.94. The summed E-state index contributed by atoms with van der Waals surface area (Å²) in [7, 11) is 0. The van der Waals surface area contributed by atoms with Gasteiger partial charge in [-0.2, -0.15) is 0 Å². The second-order valence-corrected chi connectivity index (χ2v) is 5.04. The smallest absolute Gasteiger partial charge is 0.168 e. The molecule has 0 amide bonds. The molecule has 1 saturated carbocycles. The molecule has 0 aromatic carbocycles. The van der Waals surface area contributed by atoms with Crippen LogP contribution in [0, 0.1) is 0 Å². The Hall–Kier alpha value is -0.960. The molecule has 0 spiro atoms. The number of halogens is 1. The SMILES string of the molecule is CC(C)Oc1cccnc1NC1CC(Cl)C1. The fraction of sp³-hybridized carbons (Fsp3) is 0.583. The topological polar surface area (TPSA) is 34.1 Å². The molecule has 0 bridgehead atoms. The Kier molecular flexibility index (Phi) is 3.54. The molecule has 0 aliphatic heterocycles. The average molecular weight is 241 g/mol. The van der Waals surface area contributed by atoms with Crippen LogP contribution in [0.3, 0.4) is 0 Å². The number of alkyl halides is 1. The van der Waals surface area contributed by atoms with Gasteiger partial charge >= 0.3 is 0 Å². The Morgan fingerprint density at radius 1 is 1.50 bits per heavy atom. The molecule has 1 aliphatic carbocycles. The molecule has 0 radical (unpaired) electrons. The highest BCUT2D eigenvalue weighted by Crippen LogP contribution is 2.31. The van der Waals surface area contributed by atoms with Crippen LogP contribution in [0.5, 0.6) is 5.75 Å². The van der Waals surface area contributed by atoms with Gasteiger partial charge in [0.1, 0.15) is 0 Å². The molecule has 1 heterocycles. The highest BCUT2D eigenvalue weighted by atomic mass is 35.5. The first-order valence-electron chi connectivity index (χ1n) is 5.67. The maximum atomic E-state index is 5.94. The summed E-state index contributed by atoms with van der Waals surface area (Å²) in [6.07, 6.45) is 3.93.